The molecule has 3 rings (SSSR count). The Balaban J connectivity index is 0.000000273. The quantitative estimate of drug-likeness (QED) is 0.367. The fourth-order valence-corrected chi connectivity index (χ4v) is 2.51. The molecule has 0 aliphatic carbocycles. The second-order valence-electron chi connectivity index (χ2n) is 6.43. The number of pyridine rings is 1. The molecule has 0 saturated heterocycles. The number of ketones is 1. The van der Waals surface area contributed by atoms with Crippen LogP contribution in [0.4, 0.5) is 5.69 Å². The van der Waals surface area contributed by atoms with Crippen LogP contribution in [-0.4, -0.2) is 15.7 Å². The number of nitrogens with zero attached hydrogens (tertiary/aromatic N) is 2. The molecule has 3 aromatic rings. The zero-order chi connectivity index (χ0) is 20.0. The fraction of sp³-hybridized carbons (Fsp3) is 0.182. The van der Waals surface area contributed by atoms with Crippen molar-refractivity contribution in [1.82, 2.24) is 4.98 Å². The number of nitro benzene ring substituents is 1. The predicted molar refractivity (Wildman–Crippen MR) is 106 cm³/mol. The minimum Gasteiger partial charge on any atom is -0.289 e. The van der Waals surface area contributed by atoms with E-state index in [2.05, 4.69) is 18.0 Å². The van der Waals surface area contributed by atoms with E-state index in [4.69, 9.17) is 0 Å². The maximum Gasteiger partial charge on any atom is 0.273 e. The average Bonchev–Trinajstić information content (AvgIpc) is 2.62. The standard InChI is InChI=1S/C15H13NO3.C7H9N/c1-10-3-6-12(7-4-10)15(17)13-8-5-11(2)14(9-13)16(18)19;1-6-3-4-8-7(2)5-6/h3-9H,1-2H3;3-5H,1-2H3. The van der Waals surface area contributed by atoms with E-state index in [-0.39, 0.29) is 11.5 Å². The Labute approximate surface area is 158 Å². The van der Waals surface area contributed by atoms with E-state index in [9.17, 15) is 14.9 Å². The molecule has 0 bridgehead atoms. The van der Waals surface area contributed by atoms with Crippen molar-refractivity contribution >= 4 is 11.5 Å². The minimum atomic E-state index is -0.471. The molecule has 1 heterocycles. The van der Waals surface area contributed by atoms with Gasteiger partial charge in [-0.1, -0.05) is 42.0 Å². The summed E-state index contributed by atoms with van der Waals surface area (Å²) in [6.07, 6.45) is 1.82. The van der Waals surface area contributed by atoms with E-state index in [0.29, 0.717) is 16.7 Å². The van der Waals surface area contributed by atoms with Crippen LogP contribution in [0.15, 0.2) is 60.8 Å². The predicted octanol–water partition coefficient (Wildman–Crippen LogP) is 5.14. The van der Waals surface area contributed by atoms with Crippen molar-refractivity contribution in [2.24, 2.45) is 0 Å². The highest BCUT2D eigenvalue weighted by molar-refractivity contribution is 6.09. The van der Waals surface area contributed by atoms with Crippen LogP contribution in [0.25, 0.3) is 0 Å². The molecule has 0 atom stereocenters. The number of aryl methyl sites for hydroxylation is 4. The number of rotatable bonds is 3. The van der Waals surface area contributed by atoms with Gasteiger partial charge in [-0.3, -0.25) is 19.9 Å². The Hall–Kier alpha value is -3.34. The van der Waals surface area contributed by atoms with Gasteiger partial charge in [-0.2, -0.15) is 0 Å². The van der Waals surface area contributed by atoms with Crippen molar-refractivity contribution in [2.75, 3.05) is 0 Å². The van der Waals surface area contributed by atoms with Gasteiger partial charge >= 0.3 is 0 Å². The molecule has 0 fully saturated rings. The van der Waals surface area contributed by atoms with Crippen LogP contribution in [0.2, 0.25) is 0 Å². The van der Waals surface area contributed by atoms with Crippen molar-refractivity contribution in [2.45, 2.75) is 27.7 Å². The SMILES string of the molecule is Cc1ccc(C(=O)c2ccc(C)c([N+](=O)[O-])c2)cc1.Cc1ccnc(C)c1. The molecule has 27 heavy (non-hydrogen) atoms. The van der Waals surface area contributed by atoms with E-state index in [1.807, 2.05) is 38.2 Å². The van der Waals surface area contributed by atoms with Gasteiger partial charge in [-0.25, -0.2) is 0 Å². The molecule has 0 amide bonds. The lowest BCUT2D eigenvalue weighted by atomic mass is 10.0. The van der Waals surface area contributed by atoms with Gasteiger partial charge in [-0.05, 0) is 45.4 Å². The molecule has 1 aromatic heterocycles. The summed E-state index contributed by atoms with van der Waals surface area (Å²) in [5.41, 5.74) is 4.81. The molecule has 0 N–H and O–H groups in total. The molecule has 0 aliphatic heterocycles. The van der Waals surface area contributed by atoms with Gasteiger partial charge in [0.25, 0.3) is 5.69 Å². The van der Waals surface area contributed by atoms with Gasteiger partial charge in [0.2, 0.25) is 0 Å². The molecule has 0 saturated carbocycles. The first-order valence-corrected chi connectivity index (χ1v) is 8.53. The number of aromatic nitrogens is 1. The van der Waals surface area contributed by atoms with Crippen molar-refractivity contribution in [1.29, 1.82) is 0 Å². The summed E-state index contributed by atoms with van der Waals surface area (Å²) in [4.78, 5) is 26.7. The third-order valence-corrected chi connectivity index (χ3v) is 4.03. The number of nitro groups is 1. The molecule has 0 spiro atoms. The highest BCUT2D eigenvalue weighted by Crippen LogP contribution is 2.21. The van der Waals surface area contributed by atoms with Crippen molar-refractivity contribution < 1.29 is 9.72 Å². The van der Waals surface area contributed by atoms with E-state index >= 15 is 0 Å². The Kier molecular flexibility index (Phi) is 6.55. The molecular weight excluding hydrogens is 340 g/mol. The highest BCUT2D eigenvalue weighted by Gasteiger charge is 2.15. The van der Waals surface area contributed by atoms with Gasteiger partial charge in [-0.15, -0.1) is 0 Å². The number of hydrogen-bond acceptors (Lipinski definition) is 4. The van der Waals surface area contributed by atoms with E-state index in [0.717, 1.165) is 11.3 Å². The Morgan fingerprint density at radius 2 is 1.48 bits per heavy atom. The summed E-state index contributed by atoms with van der Waals surface area (Å²) < 4.78 is 0. The summed E-state index contributed by atoms with van der Waals surface area (Å²) in [5, 5.41) is 10.9. The lowest BCUT2D eigenvalue weighted by Gasteiger charge is -2.03. The first-order chi connectivity index (χ1) is 12.8. The normalized spacial score (nSPS) is 9.93. The van der Waals surface area contributed by atoms with Gasteiger partial charge in [0.1, 0.15) is 0 Å². The summed E-state index contributed by atoms with van der Waals surface area (Å²) in [7, 11) is 0. The Morgan fingerprint density at radius 1 is 0.852 bits per heavy atom. The van der Waals surface area contributed by atoms with Crippen LogP contribution in [0.5, 0.6) is 0 Å². The molecule has 5 nitrogen and oxygen atoms in total. The van der Waals surface area contributed by atoms with Crippen LogP contribution in [0, 0.1) is 37.8 Å². The van der Waals surface area contributed by atoms with Crippen molar-refractivity contribution in [3.63, 3.8) is 0 Å². The number of hydrogen-bond donors (Lipinski definition) is 0. The van der Waals surface area contributed by atoms with Gasteiger partial charge < -0.3 is 0 Å². The molecule has 5 heteroatoms. The van der Waals surface area contributed by atoms with Crippen molar-refractivity contribution in [3.8, 4) is 0 Å². The van der Waals surface area contributed by atoms with Gasteiger partial charge in [0.15, 0.2) is 5.78 Å². The molecule has 0 radical (unpaired) electrons. The lowest BCUT2D eigenvalue weighted by Crippen LogP contribution is -2.03. The molecule has 0 unspecified atom stereocenters. The number of benzene rings is 2. The van der Waals surface area contributed by atoms with Crippen molar-refractivity contribution in [3.05, 3.63) is 104 Å². The minimum absolute atomic E-state index is 0.0297. The summed E-state index contributed by atoms with van der Waals surface area (Å²) >= 11 is 0. The number of carbonyl (C=O) groups is 1. The average molecular weight is 362 g/mol. The van der Waals surface area contributed by atoms with Crippen LogP contribution in [0.1, 0.15) is 38.3 Å². The second kappa shape index (κ2) is 8.85. The van der Waals surface area contributed by atoms with E-state index in [1.54, 1.807) is 31.2 Å². The maximum absolute atomic E-state index is 12.2. The third kappa shape index (κ3) is 5.57. The molecule has 2 aromatic carbocycles. The fourth-order valence-electron chi connectivity index (χ4n) is 2.51. The molecular formula is C22H22N2O3. The van der Waals surface area contributed by atoms with Crippen LogP contribution < -0.4 is 0 Å². The largest absolute Gasteiger partial charge is 0.289 e. The van der Waals surface area contributed by atoms with E-state index in [1.165, 1.54) is 11.6 Å². The summed E-state index contributed by atoms with van der Waals surface area (Å²) in [6.45, 7) is 7.64. The zero-order valence-corrected chi connectivity index (χ0v) is 15.9. The van der Waals surface area contributed by atoms with Crippen LogP contribution in [0.3, 0.4) is 0 Å². The first-order valence-electron chi connectivity index (χ1n) is 8.53. The van der Waals surface area contributed by atoms with Gasteiger partial charge in [0.05, 0.1) is 4.92 Å². The smallest absolute Gasteiger partial charge is 0.273 e. The van der Waals surface area contributed by atoms with Gasteiger partial charge in [0, 0.05) is 34.6 Å². The van der Waals surface area contributed by atoms with Crippen LogP contribution >= 0.6 is 0 Å². The lowest BCUT2D eigenvalue weighted by molar-refractivity contribution is -0.385. The topological polar surface area (TPSA) is 73.1 Å². The monoisotopic (exact) mass is 362 g/mol. The third-order valence-electron chi connectivity index (χ3n) is 4.03. The summed E-state index contributed by atoms with van der Waals surface area (Å²) in [5.74, 6) is -0.205. The number of carbonyl (C=O) groups excluding carboxylic acids is 1. The van der Waals surface area contributed by atoms with E-state index < -0.39 is 4.92 Å². The highest BCUT2D eigenvalue weighted by atomic mass is 16.6. The zero-order valence-electron chi connectivity index (χ0n) is 15.9. The Bertz CT molecular complexity index is 946. The maximum atomic E-state index is 12.2. The Morgan fingerprint density at radius 3 is 2.00 bits per heavy atom. The molecule has 0 aliphatic rings. The second-order valence-corrected chi connectivity index (χ2v) is 6.43. The molecule has 138 valence electrons. The van der Waals surface area contributed by atoms with Crippen LogP contribution in [-0.2, 0) is 0 Å². The summed E-state index contributed by atoms with van der Waals surface area (Å²) in [6, 6.07) is 15.7. The first kappa shape index (κ1) is 20.0.